The Morgan fingerprint density at radius 1 is 1.35 bits per heavy atom. The summed E-state index contributed by atoms with van der Waals surface area (Å²) in [6.07, 6.45) is 0.299. The summed E-state index contributed by atoms with van der Waals surface area (Å²) < 4.78 is 18.9. The highest BCUT2D eigenvalue weighted by Crippen LogP contribution is 2.26. The van der Waals surface area contributed by atoms with Gasteiger partial charge in [0, 0.05) is 19.2 Å². The summed E-state index contributed by atoms with van der Waals surface area (Å²) in [5.74, 6) is -1.78. The molecule has 1 heterocycles. The first-order valence-corrected chi connectivity index (χ1v) is 7.61. The van der Waals surface area contributed by atoms with Crippen LogP contribution in [0.25, 0.3) is 0 Å². The molecule has 0 radical (unpaired) electrons. The number of hydrogen-bond donors (Lipinski definition) is 2. The van der Waals surface area contributed by atoms with E-state index in [1.165, 1.54) is 17.0 Å². The van der Waals surface area contributed by atoms with E-state index in [2.05, 4.69) is 5.32 Å². The number of aliphatic hydroxyl groups is 1. The second-order valence-corrected chi connectivity index (χ2v) is 5.78. The average Bonchev–Trinajstić information content (AvgIpc) is 2.49. The zero-order valence-corrected chi connectivity index (χ0v) is 13.2. The number of piperidine rings is 1. The molecule has 2 N–H and O–H groups in total. The largest absolute Gasteiger partial charge is 0.489 e. The zero-order valence-electron chi connectivity index (χ0n) is 13.2. The fourth-order valence-electron chi connectivity index (χ4n) is 2.34. The Labute approximate surface area is 134 Å². The summed E-state index contributed by atoms with van der Waals surface area (Å²) in [6.45, 7) is 4.26. The first-order chi connectivity index (χ1) is 10.9. The van der Waals surface area contributed by atoms with Crippen molar-refractivity contribution in [3.63, 3.8) is 0 Å². The number of nitrogens with one attached hydrogen (secondary N) is 1. The smallest absolute Gasteiger partial charge is 0.314 e. The number of aliphatic hydroxyl groups excluding tert-OH is 1. The Kier molecular flexibility index (Phi) is 5.54. The van der Waals surface area contributed by atoms with E-state index >= 15 is 0 Å². The molecule has 2 amide bonds. The number of halogens is 1. The molecule has 1 aromatic carbocycles. The highest BCUT2D eigenvalue weighted by atomic mass is 19.1. The number of benzene rings is 1. The lowest BCUT2D eigenvalue weighted by Gasteiger charge is -2.29. The second kappa shape index (κ2) is 7.41. The first kappa shape index (κ1) is 17.2. The maximum absolute atomic E-state index is 13.4. The van der Waals surface area contributed by atoms with E-state index in [0.29, 0.717) is 31.7 Å². The van der Waals surface area contributed by atoms with Gasteiger partial charge in [-0.1, -0.05) is 0 Å². The summed E-state index contributed by atoms with van der Waals surface area (Å²) in [6, 6.07) is 3.75. The molecule has 1 aromatic rings. The van der Waals surface area contributed by atoms with Gasteiger partial charge in [-0.25, -0.2) is 4.39 Å². The van der Waals surface area contributed by atoms with E-state index in [1.807, 2.05) is 0 Å². The van der Waals surface area contributed by atoms with Gasteiger partial charge < -0.3 is 20.1 Å². The van der Waals surface area contributed by atoms with Crippen LogP contribution in [0.4, 0.5) is 10.1 Å². The predicted octanol–water partition coefficient (Wildman–Crippen LogP) is 1.53. The second-order valence-electron chi connectivity index (χ2n) is 5.78. The third-order valence-corrected chi connectivity index (χ3v) is 3.50. The molecule has 1 aliphatic heterocycles. The molecule has 0 atom stereocenters. The van der Waals surface area contributed by atoms with Gasteiger partial charge in [0.1, 0.15) is 11.6 Å². The number of nitrogens with zero attached hydrogens (tertiary/aromatic N) is 1. The molecular weight excluding hydrogens is 303 g/mol. The highest BCUT2D eigenvalue weighted by molar-refractivity contribution is 6.39. The van der Waals surface area contributed by atoms with Gasteiger partial charge >= 0.3 is 11.8 Å². The van der Waals surface area contributed by atoms with Crippen LogP contribution in [0.5, 0.6) is 5.75 Å². The maximum Gasteiger partial charge on any atom is 0.314 e. The average molecular weight is 324 g/mol. The van der Waals surface area contributed by atoms with Gasteiger partial charge in [-0.05, 0) is 38.8 Å². The molecule has 23 heavy (non-hydrogen) atoms. The predicted molar refractivity (Wildman–Crippen MR) is 82.6 cm³/mol. The van der Waals surface area contributed by atoms with Gasteiger partial charge in [-0.2, -0.15) is 0 Å². The molecular formula is C16H21FN2O4. The van der Waals surface area contributed by atoms with Crippen LogP contribution in [-0.4, -0.2) is 47.1 Å². The fourth-order valence-corrected chi connectivity index (χ4v) is 2.34. The van der Waals surface area contributed by atoms with Crippen molar-refractivity contribution in [2.24, 2.45) is 0 Å². The quantitative estimate of drug-likeness (QED) is 0.827. The van der Waals surface area contributed by atoms with Gasteiger partial charge in [0.15, 0.2) is 0 Å². The van der Waals surface area contributed by atoms with E-state index in [4.69, 9.17) is 4.74 Å². The molecule has 0 saturated carbocycles. The van der Waals surface area contributed by atoms with Crippen molar-refractivity contribution in [1.29, 1.82) is 0 Å². The lowest BCUT2D eigenvalue weighted by Crippen LogP contribution is -2.45. The van der Waals surface area contributed by atoms with Crippen LogP contribution in [0, 0.1) is 5.82 Å². The minimum atomic E-state index is -0.847. The minimum Gasteiger partial charge on any atom is -0.489 e. The molecule has 0 bridgehead atoms. The van der Waals surface area contributed by atoms with E-state index in [1.54, 1.807) is 13.8 Å². The van der Waals surface area contributed by atoms with Crippen LogP contribution in [-0.2, 0) is 9.59 Å². The SMILES string of the molecule is CC(C)Oc1ccc(F)cc1NC(=O)C(=O)N1CCC(O)CC1. The van der Waals surface area contributed by atoms with Crippen molar-refractivity contribution in [3.8, 4) is 5.75 Å². The molecule has 126 valence electrons. The molecule has 0 spiro atoms. The van der Waals surface area contributed by atoms with Gasteiger partial charge in [-0.15, -0.1) is 0 Å². The van der Waals surface area contributed by atoms with Gasteiger partial charge in [0.25, 0.3) is 0 Å². The van der Waals surface area contributed by atoms with Gasteiger partial charge in [0.2, 0.25) is 0 Å². The van der Waals surface area contributed by atoms with Crippen LogP contribution in [0.1, 0.15) is 26.7 Å². The third kappa shape index (κ3) is 4.66. The number of carbonyl (C=O) groups is 2. The van der Waals surface area contributed by atoms with Gasteiger partial charge in [0.05, 0.1) is 17.9 Å². The molecule has 7 heteroatoms. The molecule has 0 aromatic heterocycles. The van der Waals surface area contributed by atoms with E-state index in [-0.39, 0.29) is 11.8 Å². The van der Waals surface area contributed by atoms with E-state index in [0.717, 1.165) is 6.07 Å². The van der Waals surface area contributed by atoms with Crippen LogP contribution < -0.4 is 10.1 Å². The Hall–Kier alpha value is -2.15. The number of rotatable bonds is 3. The summed E-state index contributed by atoms with van der Waals surface area (Å²) in [5.41, 5.74) is 0.120. The van der Waals surface area contributed by atoms with Gasteiger partial charge in [-0.3, -0.25) is 9.59 Å². The molecule has 2 rings (SSSR count). The van der Waals surface area contributed by atoms with Crippen molar-refractivity contribution in [1.82, 2.24) is 4.90 Å². The number of likely N-dealkylation sites (tertiary alicyclic amines) is 1. The fraction of sp³-hybridized carbons (Fsp3) is 0.500. The molecule has 1 aliphatic rings. The Balaban J connectivity index is 2.07. The van der Waals surface area contributed by atoms with Crippen molar-refractivity contribution in [3.05, 3.63) is 24.0 Å². The molecule has 0 unspecified atom stereocenters. The third-order valence-electron chi connectivity index (χ3n) is 3.50. The lowest BCUT2D eigenvalue weighted by atomic mass is 10.1. The zero-order chi connectivity index (χ0) is 17.0. The van der Waals surface area contributed by atoms with Crippen molar-refractivity contribution in [2.45, 2.75) is 38.9 Å². The Morgan fingerprint density at radius 2 is 2.00 bits per heavy atom. The van der Waals surface area contributed by atoms with Crippen LogP contribution >= 0.6 is 0 Å². The highest BCUT2D eigenvalue weighted by Gasteiger charge is 2.27. The Morgan fingerprint density at radius 3 is 2.61 bits per heavy atom. The van der Waals surface area contributed by atoms with Crippen molar-refractivity contribution < 1.29 is 23.8 Å². The monoisotopic (exact) mass is 324 g/mol. The minimum absolute atomic E-state index is 0.120. The lowest BCUT2D eigenvalue weighted by molar-refractivity contribution is -0.144. The molecule has 1 saturated heterocycles. The normalized spacial score (nSPS) is 15.6. The van der Waals surface area contributed by atoms with Crippen molar-refractivity contribution >= 4 is 17.5 Å². The molecule has 0 aliphatic carbocycles. The topological polar surface area (TPSA) is 78.9 Å². The Bertz CT molecular complexity index is 583. The van der Waals surface area contributed by atoms with E-state index < -0.39 is 23.7 Å². The number of hydrogen-bond acceptors (Lipinski definition) is 4. The number of anilines is 1. The van der Waals surface area contributed by atoms with Crippen LogP contribution in [0.15, 0.2) is 18.2 Å². The number of amides is 2. The maximum atomic E-state index is 13.4. The standard InChI is InChI=1S/C16H21FN2O4/c1-10(2)23-14-4-3-11(17)9-13(14)18-15(21)16(22)19-7-5-12(20)6-8-19/h3-4,9-10,12,20H,5-8H2,1-2H3,(H,18,21). The summed E-state index contributed by atoms with van der Waals surface area (Å²) in [4.78, 5) is 25.6. The molecule has 1 fully saturated rings. The number of carbonyl (C=O) groups excluding carboxylic acids is 2. The molecule has 6 nitrogen and oxygen atoms in total. The summed E-state index contributed by atoms with van der Waals surface area (Å²) >= 11 is 0. The van der Waals surface area contributed by atoms with Crippen LogP contribution in [0.2, 0.25) is 0 Å². The summed E-state index contributed by atoms with van der Waals surface area (Å²) in [7, 11) is 0. The van der Waals surface area contributed by atoms with Crippen LogP contribution in [0.3, 0.4) is 0 Å². The summed E-state index contributed by atoms with van der Waals surface area (Å²) in [5, 5.41) is 11.8. The van der Waals surface area contributed by atoms with E-state index in [9.17, 15) is 19.1 Å². The number of ether oxygens (including phenoxy) is 1. The first-order valence-electron chi connectivity index (χ1n) is 7.61. The van der Waals surface area contributed by atoms with Crippen molar-refractivity contribution in [2.75, 3.05) is 18.4 Å².